The van der Waals surface area contributed by atoms with Gasteiger partial charge in [0, 0.05) is 5.54 Å². The highest BCUT2D eigenvalue weighted by atomic mass is 19.1. The van der Waals surface area contributed by atoms with Gasteiger partial charge in [-0.15, -0.1) is 0 Å². The van der Waals surface area contributed by atoms with Crippen LogP contribution in [-0.2, 0) is 0 Å². The van der Waals surface area contributed by atoms with Crippen molar-refractivity contribution in [3.63, 3.8) is 0 Å². The molecule has 0 spiro atoms. The molecule has 0 fully saturated rings. The summed E-state index contributed by atoms with van der Waals surface area (Å²) >= 11 is 0. The summed E-state index contributed by atoms with van der Waals surface area (Å²) in [4.78, 5) is 8.48. The van der Waals surface area contributed by atoms with E-state index in [1.165, 1.54) is 17.1 Å². The van der Waals surface area contributed by atoms with E-state index in [0.717, 1.165) is 5.39 Å². The van der Waals surface area contributed by atoms with Gasteiger partial charge < -0.3 is 5.32 Å². The van der Waals surface area contributed by atoms with Gasteiger partial charge in [0.05, 0.1) is 11.6 Å². The molecule has 0 saturated heterocycles. The summed E-state index contributed by atoms with van der Waals surface area (Å²) in [5.41, 5.74) is 0.802. The van der Waals surface area contributed by atoms with Crippen molar-refractivity contribution in [1.82, 2.24) is 19.7 Å². The zero-order chi connectivity index (χ0) is 15.0. The standard InChI is InChI=1S/C15H16FN5/c1-15(2,3)20-13-10-8-19-21(14(10)18-9-17-13)12-7-5-4-6-11(12)16/h4-9H,1-3H3,(H,17,18,20). The van der Waals surface area contributed by atoms with Gasteiger partial charge in [-0.3, -0.25) is 0 Å². The summed E-state index contributed by atoms with van der Waals surface area (Å²) in [7, 11) is 0. The Morgan fingerprint density at radius 2 is 1.90 bits per heavy atom. The molecule has 5 nitrogen and oxygen atoms in total. The molecule has 0 radical (unpaired) electrons. The number of aromatic nitrogens is 4. The Morgan fingerprint density at radius 3 is 2.62 bits per heavy atom. The van der Waals surface area contributed by atoms with Crippen molar-refractivity contribution in [3.8, 4) is 5.69 Å². The van der Waals surface area contributed by atoms with E-state index in [2.05, 4.69) is 20.4 Å². The van der Waals surface area contributed by atoms with Crippen molar-refractivity contribution in [2.45, 2.75) is 26.3 Å². The third-order valence-electron chi connectivity index (χ3n) is 2.94. The number of nitrogens with one attached hydrogen (secondary N) is 1. The molecule has 2 aromatic heterocycles. The van der Waals surface area contributed by atoms with Crippen molar-refractivity contribution in [2.24, 2.45) is 0 Å². The molecule has 2 heterocycles. The van der Waals surface area contributed by atoms with Crippen LogP contribution >= 0.6 is 0 Å². The number of hydrogen-bond donors (Lipinski definition) is 1. The summed E-state index contributed by atoms with van der Waals surface area (Å²) < 4.78 is 15.4. The number of benzene rings is 1. The minimum atomic E-state index is -0.341. The van der Waals surface area contributed by atoms with E-state index in [1.54, 1.807) is 24.4 Å². The largest absolute Gasteiger partial charge is 0.365 e. The zero-order valence-corrected chi connectivity index (χ0v) is 12.1. The summed E-state index contributed by atoms with van der Waals surface area (Å²) in [6, 6.07) is 6.48. The van der Waals surface area contributed by atoms with E-state index in [-0.39, 0.29) is 11.4 Å². The normalized spacial score (nSPS) is 11.8. The molecule has 0 amide bonds. The number of para-hydroxylation sites is 1. The summed E-state index contributed by atoms with van der Waals surface area (Å²) in [5.74, 6) is 0.349. The molecule has 0 aliphatic carbocycles. The second-order valence-corrected chi connectivity index (χ2v) is 5.84. The van der Waals surface area contributed by atoms with Crippen LogP contribution in [0.4, 0.5) is 10.2 Å². The van der Waals surface area contributed by atoms with Gasteiger partial charge in [0.2, 0.25) is 0 Å². The molecule has 108 valence electrons. The molecule has 6 heteroatoms. The lowest BCUT2D eigenvalue weighted by atomic mass is 10.1. The lowest BCUT2D eigenvalue weighted by Gasteiger charge is -2.21. The van der Waals surface area contributed by atoms with E-state index in [1.807, 2.05) is 20.8 Å². The highest BCUT2D eigenvalue weighted by Crippen LogP contribution is 2.24. The molecule has 0 aliphatic heterocycles. The maximum atomic E-state index is 13.9. The monoisotopic (exact) mass is 285 g/mol. The molecular weight excluding hydrogens is 269 g/mol. The zero-order valence-electron chi connectivity index (χ0n) is 12.1. The van der Waals surface area contributed by atoms with Crippen molar-refractivity contribution >= 4 is 16.9 Å². The summed E-state index contributed by atoms with van der Waals surface area (Å²) in [5, 5.41) is 8.32. The minimum Gasteiger partial charge on any atom is -0.365 e. The molecule has 0 aliphatic rings. The Labute approximate surface area is 121 Å². The minimum absolute atomic E-state index is 0.138. The van der Waals surface area contributed by atoms with Gasteiger partial charge in [-0.05, 0) is 32.9 Å². The molecule has 0 saturated carbocycles. The van der Waals surface area contributed by atoms with Crippen LogP contribution < -0.4 is 5.32 Å². The first-order valence-corrected chi connectivity index (χ1v) is 6.67. The number of anilines is 1. The predicted molar refractivity (Wildman–Crippen MR) is 80.0 cm³/mol. The maximum Gasteiger partial charge on any atom is 0.168 e. The van der Waals surface area contributed by atoms with Gasteiger partial charge in [-0.2, -0.15) is 5.10 Å². The van der Waals surface area contributed by atoms with Gasteiger partial charge in [-0.1, -0.05) is 12.1 Å². The predicted octanol–water partition coefficient (Wildman–Crippen LogP) is 3.17. The lowest BCUT2D eigenvalue weighted by molar-refractivity contribution is 0.612. The maximum absolute atomic E-state index is 13.9. The third-order valence-corrected chi connectivity index (χ3v) is 2.94. The number of fused-ring (bicyclic) bond motifs is 1. The third kappa shape index (κ3) is 2.56. The first-order chi connectivity index (χ1) is 9.96. The molecule has 1 aromatic carbocycles. The quantitative estimate of drug-likeness (QED) is 0.785. The SMILES string of the molecule is CC(C)(C)Nc1ncnc2c1cnn2-c1ccccc1F. The van der Waals surface area contributed by atoms with E-state index in [9.17, 15) is 4.39 Å². The summed E-state index contributed by atoms with van der Waals surface area (Å²) in [6.45, 7) is 6.13. The van der Waals surface area contributed by atoms with Crippen molar-refractivity contribution < 1.29 is 4.39 Å². The van der Waals surface area contributed by atoms with Crippen LogP contribution in [0.3, 0.4) is 0 Å². The van der Waals surface area contributed by atoms with Crippen LogP contribution in [0.25, 0.3) is 16.7 Å². The average molecular weight is 285 g/mol. The van der Waals surface area contributed by atoms with E-state index in [0.29, 0.717) is 17.2 Å². The second kappa shape index (κ2) is 4.80. The smallest absolute Gasteiger partial charge is 0.168 e. The topological polar surface area (TPSA) is 55.6 Å². The molecular formula is C15H16FN5. The van der Waals surface area contributed by atoms with Crippen LogP contribution in [0, 0.1) is 5.82 Å². The van der Waals surface area contributed by atoms with Crippen molar-refractivity contribution in [1.29, 1.82) is 0 Å². The fraction of sp³-hybridized carbons (Fsp3) is 0.267. The number of hydrogen-bond acceptors (Lipinski definition) is 4. The Kier molecular flexibility index (Phi) is 3.08. The summed E-state index contributed by atoms with van der Waals surface area (Å²) in [6.07, 6.45) is 3.10. The van der Waals surface area contributed by atoms with E-state index < -0.39 is 0 Å². The van der Waals surface area contributed by atoms with Crippen LogP contribution in [0.15, 0.2) is 36.8 Å². The Morgan fingerprint density at radius 1 is 1.14 bits per heavy atom. The van der Waals surface area contributed by atoms with Gasteiger partial charge in [0.1, 0.15) is 23.6 Å². The Bertz CT molecular complexity index is 788. The second-order valence-electron chi connectivity index (χ2n) is 5.84. The van der Waals surface area contributed by atoms with Gasteiger partial charge >= 0.3 is 0 Å². The number of nitrogens with zero attached hydrogens (tertiary/aromatic N) is 4. The first-order valence-electron chi connectivity index (χ1n) is 6.67. The Balaban J connectivity index is 2.16. The van der Waals surface area contributed by atoms with Crippen LogP contribution in [0.1, 0.15) is 20.8 Å². The molecule has 1 N–H and O–H groups in total. The highest BCUT2D eigenvalue weighted by Gasteiger charge is 2.16. The van der Waals surface area contributed by atoms with E-state index >= 15 is 0 Å². The van der Waals surface area contributed by atoms with Crippen molar-refractivity contribution in [3.05, 3.63) is 42.6 Å². The fourth-order valence-electron chi connectivity index (χ4n) is 2.10. The van der Waals surface area contributed by atoms with Gasteiger partial charge in [0.25, 0.3) is 0 Å². The molecule has 3 rings (SSSR count). The van der Waals surface area contributed by atoms with Crippen LogP contribution in [0.2, 0.25) is 0 Å². The molecule has 21 heavy (non-hydrogen) atoms. The fourth-order valence-corrected chi connectivity index (χ4v) is 2.10. The average Bonchev–Trinajstić information content (AvgIpc) is 2.82. The van der Waals surface area contributed by atoms with Crippen LogP contribution in [0.5, 0.6) is 0 Å². The highest BCUT2D eigenvalue weighted by molar-refractivity contribution is 5.87. The van der Waals surface area contributed by atoms with Gasteiger partial charge in [-0.25, -0.2) is 19.0 Å². The molecule has 0 bridgehead atoms. The first kappa shape index (κ1) is 13.5. The molecule has 0 atom stereocenters. The Hall–Kier alpha value is -2.50. The van der Waals surface area contributed by atoms with Crippen molar-refractivity contribution in [2.75, 3.05) is 5.32 Å². The van der Waals surface area contributed by atoms with E-state index in [4.69, 9.17) is 0 Å². The van der Waals surface area contributed by atoms with Crippen LogP contribution in [-0.4, -0.2) is 25.3 Å². The van der Waals surface area contributed by atoms with Gasteiger partial charge in [0.15, 0.2) is 5.65 Å². The molecule has 0 unspecified atom stereocenters. The molecule has 3 aromatic rings. The lowest BCUT2D eigenvalue weighted by Crippen LogP contribution is -2.26. The number of rotatable bonds is 2. The number of halogens is 1.